The zero-order valence-electron chi connectivity index (χ0n) is 12.0. The first kappa shape index (κ1) is 13.1. The topological polar surface area (TPSA) is 78.8 Å². The van der Waals surface area contributed by atoms with Crippen molar-refractivity contribution in [2.45, 2.75) is 45.1 Å². The second-order valence-corrected chi connectivity index (χ2v) is 5.58. The Morgan fingerprint density at radius 2 is 2.05 bits per heavy atom. The minimum Gasteiger partial charge on any atom is -0.479 e. The molecule has 2 unspecified atom stereocenters. The van der Waals surface area contributed by atoms with Crippen LogP contribution in [-0.4, -0.2) is 26.6 Å². The number of hydrogen-bond donors (Lipinski definition) is 1. The maximum Gasteiger partial charge on any atom is 0.245 e. The van der Waals surface area contributed by atoms with E-state index in [0.29, 0.717) is 29.3 Å². The zero-order chi connectivity index (χ0) is 14.1. The van der Waals surface area contributed by atoms with Gasteiger partial charge in [0.1, 0.15) is 6.33 Å². The van der Waals surface area contributed by atoms with E-state index in [1.807, 2.05) is 0 Å². The van der Waals surface area contributed by atoms with Gasteiger partial charge in [-0.1, -0.05) is 26.2 Å². The lowest BCUT2D eigenvalue weighted by Gasteiger charge is -2.24. The predicted molar refractivity (Wildman–Crippen MR) is 77.6 cm³/mol. The highest BCUT2D eigenvalue weighted by Crippen LogP contribution is 2.36. The van der Waals surface area contributed by atoms with E-state index in [1.165, 1.54) is 32.0 Å². The number of ether oxygens (including phenoxy) is 1. The van der Waals surface area contributed by atoms with E-state index in [9.17, 15) is 0 Å². The lowest BCUT2D eigenvalue weighted by molar-refractivity contribution is 0.342. The van der Waals surface area contributed by atoms with Gasteiger partial charge in [0.05, 0.1) is 7.11 Å². The average Bonchev–Trinajstić information content (AvgIpc) is 2.63. The molecule has 2 N–H and O–H groups in total. The minimum atomic E-state index is 0.363. The van der Waals surface area contributed by atoms with Crippen LogP contribution in [0.4, 0.5) is 5.95 Å². The molecule has 20 heavy (non-hydrogen) atoms. The standard InChI is InChI=1S/C14H21N5O/c1-9-6-4-3-5-7-10(9)19-12-11(18-14(19)15)13(20-2)17-8-16-12/h8-10H,3-7H2,1-2H3,(H2,15,18). The molecular formula is C14H21N5O. The summed E-state index contributed by atoms with van der Waals surface area (Å²) in [4.78, 5) is 12.9. The quantitative estimate of drug-likeness (QED) is 0.852. The van der Waals surface area contributed by atoms with Crippen LogP contribution in [0.1, 0.15) is 45.1 Å². The van der Waals surface area contributed by atoms with E-state index in [1.54, 1.807) is 7.11 Å². The van der Waals surface area contributed by atoms with Gasteiger partial charge >= 0.3 is 0 Å². The normalized spacial score (nSPS) is 23.7. The number of nitrogen functional groups attached to an aromatic ring is 1. The van der Waals surface area contributed by atoms with Gasteiger partial charge in [-0.05, 0) is 18.8 Å². The number of nitrogens with two attached hydrogens (primary N) is 1. The number of nitrogens with zero attached hydrogens (tertiary/aromatic N) is 4. The summed E-state index contributed by atoms with van der Waals surface area (Å²) in [6, 6.07) is 0.363. The predicted octanol–water partition coefficient (Wildman–Crippen LogP) is 2.56. The number of rotatable bonds is 2. The Bertz CT molecular complexity index is 609. The molecule has 6 heteroatoms. The Hall–Kier alpha value is -1.85. The summed E-state index contributed by atoms with van der Waals surface area (Å²) in [6.07, 6.45) is 7.69. The van der Waals surface area contributed by atoms with Crippen molar-refractivity contribution in [2.24, 2.45) is 5.92 Å². The molecule has 2 heterocycles. The summed E-state index contributed by atoms with van der Waals surface area (Å²) in [6.45, 7) is 2.29. The molecule has 0 amide bonds. The second-order valence-electron chi connectivity index (χ2n) is 5.58. The van der Waals surface area contributed by atoms with Gasteiger partial charge in [-0.3, -0.25) is 4.57 Å². The van der Waals surface area contributed by atoms with Gasteiger partial charge in [-0.25, -0.2) is 9.97 Å². The molecule has 0 aliphatic heterocycles. The largest absolute Gasteiger partial charge is 0.479 e. The molecule has 1 fully saturated rings. The summed E-state index contributed by atoms with van der Waals surface area (Å²) in [7, 11) is 1.59. The number of hydrogen-bond acceptors (Lipinski definition) is 5. The highest BCUT2D eigenvalue weighted by molar-refractivity contribution is 5.79. The summed E-state index contributed by atoms with van der Waals surface area (Å²) < 4.78 is 7.33. The third-order valence-electron chi connectivity index (χ3n) is 4.31. The van der Waals surface area contributed by atoms with E-state index in [2.05, 4.69) is 26.4 Å². The van der Waals surface area contributed by atoms with Crippen molar-refractivity contribution < 1.29 is 4.74 Å². The van der Waals surface area contributed by atoms with Gasteiger partial charge in [0.15, 0.2) is 11.2 Å². The van der Waals surface area contributed by atoms with Crippen LogP contribution in [0.2, 0.25) is 0 Å². The zero-order valence-corrected chi connectivity index (χ0v) is 12.0. The maximum atomic E-state index is 6.15. The summed E-state index contributed by atoms with van der Waals surface area (Å²) in [5.74, 6) is 1.58. The molecule has 1 aliphatic rings. The van der Waals surface area contributed by atoms with Gasteiger partial charge < -0.3 is 10.5 Å². The molecule has 0 saturated heterocycles. The first-order valence-corrected chi connectivity index (χ1v) is 7.24. The highest BCUT2D eigenvalue weighted by Gasteiger charge is 2.26. The van der Waals surface area contributed by atoms with Crippen LogP contribution in [0.15, 0.2) is 6.33 Å². The number of anilines is 1. The summed E-state index contributed by atoms with van der Waals surface area (Å²) in [5, 5.41) is 0. The molecule has 0 aromatic carbocycles. The fourth-order valence-electron chi connectivity index (χ4n) is 3.24. The first-order valence-electron chi connectivity index (χ1n) is 7.24. The van der Waals surface area contributed by atoms with Crippen molar-refractivity contribution in [2.75, 3.05) is 12.8 Å². The number of imidazole rings is 1. The highest BCUT2D eigenvalue weighted by atomic mass is 16.5. The molecular weight excluding hydrogens is 254 g/mol. The fraction of sp³-hybridized carbons (Fsp3) is 0.643. The van der Waals surface area contributed by atoms with Crippen LogP contribution in [0.25, 0.3) is 11.2 Å². The van der Waals surface area contributed by atoms with Crippen LogP contribution >= 0.6 is 0 Å². The lowest BCUT2D eigenvalue weighted by atomic mass is 9.97. The number of methoxy groups -OCH3 is 1. The van der Waals surface area contributed by atoms with Gasteiger partial charge in [-0.15, -0.1) is 0 Å². The Morgan fingerprint density at radius 3 is 2.85 bits per heavy atom. The molecule has 3 rings (SSSR count). The molecule has 108 valence electrons. The van der Waals surface area contributed by atoms with E-state index >= 15 is 0 Å². The Kier molecular flexibility index (Phi) is 3.46. The monoisotopic (exact) mass is 275 g/mol. The third kappa shape index (κ3) is 2.09. The first-order chi connectivity index (χ1) is 9.72. The van der Waals surface area contributed by atoms with Gasteiger partial charge in [0.2, 0.25) is 11.8 Å². The molecule has 6 nitrogen and oxygen atoms in total. The minimum absolute atomic E-state index is 0.363. The SMILES string of the molecule is COc1ncnc2c1nc(N)n2C1CCCCCC1C. The second kappa shape index (κ2) is 5.26. The van der Waals surface area contributed by atoms with Gasteiger partial charge in [0, 0.05) is 6.04 Å². The molecule has 1 aliphatic carbocycles. The molecule has 2 atom stereocenters. The van der Waals surface area contributed by atoms with Crippen LogP contribution in [0.5, 0.6) is 5.88 Å². The third-order valence-corrected chi connectivity index (χ3v) is 4.31. The molecule has 2 aromatic heterocycles. The van der Waals surface area contributed by atoms with Crippen molar-refractivity contribution in [3.05, 3.63) is 6.33 Å². The van der Waals surface area contributed by atoms with Crippen molar-refractivity contribution in [1.29, 1.82) is 0 Å². The summed E-state index contributed by atoms with van der Waals surface area (Å²) >= 11 is 0. The van der Waals surface area contributed by atoms with E-state index in [4.69, 9.17) is 10.5 Å². The van der Waals surface area contributed by atoms with E-state index in [0.717, 1.165) is 12.1 Å². The molecule has 1 saturated carbocycles. The van der Waals surface area contributed by atoms with Crippen molar-refractivity contribution in [3.8, 4) is 5.88 Å². The molecule has 0 radical (unpaired) electrons. The number of aromatic nitrogens is 4. The van der Waals surface area contributed by atoms with E-state index < -0.39 is 0 Å². The van der Waals surface area contributed by atoms with Crippen LogP contribution < -0.4 is 10.5 Å². The van der Waals surface area contributed by atoms with Crippen LogP contribution in [0.3, 0.4) is 0 Å². The molecule has 2 aromatic rings. The average molecular weight is 275 g/mol. The van der Waals surface area contributed by atoms with E-state index in [-0.39, 0.29) is 0 Å². The van der Waals surface area contributed by atoms with Gasteiger partial charge in [0.25, 0.3) is 0 Å². The van der Waals surface area contributed by atoms with Crippen molar-refractivity contribution in [3.63, 3.8) is 0 Å². The molecule has 0 bridgehead atoms. The van der Waals surface area contributed by atoms with Gasteiger partial charge in [-0.2, -0.15) is 4.98 Å². The Morgan fingerprint density at radius 1 is 1.25 bits per heavy atom. The number of fused-ring (bicyclic) bond motifs is 1. The lowest BCUT2D eigenvalue weighted by Crippen LogP contribution is -2.18. The van der Waals surface area contributed by atoms with Crippen LogP contribution in [0, 0.1) is 5.92 Å². The van der Waals surface area contributed by atoms with Crippen molar-refractivity contribution >= 4 is 17.1 Å². The van der Waals surface area contributed by atoms with Crippen molar-refractivity contribution in [1.82, 2.24) is 19.5 Å². The Balaban J connectivity index is 2.12. The Labute approximate surface area is 118 Å². The fourth-order valence-corrected chi connectivity index (χ4v) is 3.24. The maximum absolute atomic E-state index is 6.15. The smallest absolute Gasteiger partial charge is 0.245 e. The summed E-state index contributed by atoms with van der Waals surface area (Å²) in [5.41, 5.74) is 7.59. The van der Waals surface area contributed by atoms with Crippen LogP contribution in [-0.2, 0) is 0 Å². The molecule has 0 spiro atoms.